The highest BCUT2D eigenvalue weighted by Crippen LogP contribution is 2.26. The molecule has 0 saturated carbocycles. The molecule has 0 saturated heterocycles. The topological polar surface area (TPSA) is 98.5 Å². The Morgan fingerprint density at radius 3 is 2.63 bits per heavy atom. The van der Waals surface area contributed by atoms with Gasteiger partial charge in [0.2, 0.25) is 5.91 Å². The number of carbonyl (C=O) groups is 2. The van der Waals surface area contributed by atoms with Gasteiger partial charge in [0, 0.05) is 19.4 Å². The first-order valence-corrected chi connectivity index (χ1v) is 5.55. The molecule has 19 heavy (non-hydrogen) atoms. The molecule has 0 atom stereocenters. The van der Waals surface area contributed by atoms with Gasteiger partial charge in [-0.1, -0.05) is 6.07 Å². The molecule has 1 rings (SSSR count). The maximum absolute atomic E-state index is 11.0. The lowest BCUT2D eigenvalue weighted by atomic mass is 10.1. The molecule has 1 aromatic rings. The summed E-state index contributed by atoms with van der Waals surface area (Å²) in [5.41, 5.74) is 0.572. The molecule has 0 spiro atoms. The van der Waals surface area contributed by atoms with Crippen LogP contribution in [0.15, 0.2) is 18.2 Å². The highest BCUT2D eigenvalue weighted by atomic mass is 16.6. The van der Waals surface area contributed by atoms with Crippen molar-refractivity contribution in [3.63, 3.8) is 0 Å². The average Bonchev–Trinajstić information content (AvgIpc) is 2.36. The van der Waals surface area contributed by atoms with Crippen molar-refractivity contribution in [2.45, 2.75) is 19.8 Å². The second-order valence-corrected chi connectivity index (χ2v) is 3.87. The zero-order valence-electron chi connectivity index (χ0n) is 10.6. The van der Waals surface area contributed by atoms with Crippen LogP contribution in [-0.2, 0) is 20.7 Å². The number of nitrogens with one attached hydrogen (secondary N) is 1. The van der Waals surface area contributed by atoms with Crippen LogP contribution in [0.4, 0.5) is 11.4 Å². The van der Waals surface area contributed by atoms with E-state index in [4.69, 9.17) is 0 Å². The smallest absolute Gasteiger partial charge is 0.305 e. The fourth-order valence-corrected chi connectivity index (χ4v) is 1.53. The van der Waals surface area contributed by atoms with Gasteiger partial charge in [0.25, 0.3) is 5.69 Å². The van der Waals surface area contributed by atoms with E-state index in [1.807, 2.05) is 0 Å². The second kappa shape index (κ2) is 6.48. The first-order chi connectivity index (χ1) is 8.93. The van der Waals surface area contributed by atoms with Gasteiger partial charge in [-0.05, 0) is 18.1 Å². The van der Waals surface area contributed by atoms with Crippen molar-refractivity contribution in [3.05, 3.63) is 33.9 Å². The van der Waals surface area contributed by atoms with E-state index in [2.05, 4.69) is 10.1 Å². The number of rotatable bonds is 5. The molecule has 0 fully saturated rings. The molecule has 0 aliphatic rings. The molecule has 0 aromatic heterocycles. The Kier molecular flexibility index (Phi) is 4.99. The first kappa shape index (κ1) is 14.6. The van der Waals surface area contributed by atoms with E-state index in [0.29, 0.717) is 12.0 Å². The van der Waals surface area contributed by atoms with Crippen molar-refractivity contribution in [2.75, 3.05) is 12.4 Å². The van der Waals surface area contributed by atoms with Gasteiger partial charge in [-0.3, -0.25) is 19.7 Å². The lowest BCUT2D eigenvalue weighted by molar-refractivity contribution is -0.384. The third kappa shape index (κ3) is 4.38. The Bertz CT molecular complexity index is 513. The summed E-state index contributed by atoms with van der Waals surface area (Å²) in [6, 6.07) is 4.42. The maximum Gasteiger partial charge on any atom is 0.305 e. The third-order valence-electron chi connectivity index (χ3n) is 2.42. The van der Waals surface area contributed by atoms with Crippen LogP contribution in [0.5, 0.6) is 0 Å². The zero-order chi connectivity index (χ0) is 14.4. The van der Waals surface area contributed by atoms with Gasteiger partial charge in [-0.25, -0.2) is 0 Å². The molecule has 0 bridgehead atoms. The average molecular weight is 266 g/mol. The van der Waals surface area contributed by atoms with E-state index in [0.717, 1.165) is 0 Å². The number of carbonyl (C=O) groups excluding carboxylic acids is 2. The monoisotopic (exact) mass is 266 g/mol. The molecule has 0 aliphatic carbocycles. The number of hydrogen-bond donors (Lipinski definition) is 1. The summed E-state index contributed by atoms with van der Waals surface area (Å²) in [4.78, 5) is 32.3. The summed E-state index contributed by atoms with van der Waals surface area (Å²) in [5.74, 6) is -0.765. The number of methoxy groups -OCH3 is 1. The summed E-state index contributed by atoms with van der Waals surface area (Å²) >= 11 is 0. The predicted octanol–water partition coefficient (Wildman–Crippen LogP) is 1.66. The van der Waals surface area contributed by atoms with E-state index in [-0.39, 0.29) is 29.7 Å². The Morgan fingerprint density at radius 1 is 1.42 bits per heavy atom. The minimum absolute atomic E-state index is 0.138. The molecule has 0 heterocycles. The van der Waals surface area contributed by atoms with Crippen LogP contribution >= 0.6 is 0 Å². The molecule has 1 N–H and O–H groups in total. The van der Waals surface area contributed by atoms with Gasteiger partial charge in [-0.2, -0.15) is 0 Å². The molecule has 102 valence electrons. The summed E-state index contributed by atoms with van der Waals surface area (Å²) < 4.78 is 4.50. The van der Waals surface area contributed by atoms with Crippen LogP contribution in [0.3, 0.4) is 0 Å². The SMILES string of the molecule is COC(=O)CCc1ccc(NC(C)=O)c([N+](=O)[O-])c1. The lowest BCUT2D eigenvalue weighted by Crippen LogP contribution is -2.08. The van der Waals surface area contributed by atoms with Gasteiger partial charge in [0.05, 0.1) is 12.0 Å². The van der Waals surface area contributed by atoms with Crippen molar-refractivity contribution >= 4 is 23.3 Å². The van der Waals surface area contributed by atoms with Crippen molar-refractivity contribution in [2.24, 2.45) is 0 Å². The second-order valence-electron chi connectivity index (χ2n) is 3.87. The Hall–Kier alpha value is -2.44. The molecule has 1 aromatic carbocycles. The Balaban J connectivity index is 2.92. The van der Waals surface area contributed by atoms with Gasteiger partial charge in [0.1, 0.15) is 5.69 Å². The first-order valence-electron chi connectivity index (χ1n) is 5.55. The van der Waals surface area contributed by atoms with Gasteiger partial charge >= 0.3 is 5.97 Å². The van der Waals surface area contributed by atoms with E-state index in [1.165, 1.54) is 26.2 Å². The molecule has 0 unspecified atom stereocenters. The number of esters is 1. The van der Waals surface area contributed by atoms with Gasteiger partial charge < -0.3 is 10.1 Å². The number of amides is 1. The quantitative estimate of drug-likeness (QED) is 0.496. The number of hydrogen-bond acceptors (Lipinski definition) is 5. The number of ether oxygens (including phenoxy) is 1. The summed E-state index contributed by atoms with van der Waals surface area (Å²) in [6.07, 6.45) is 0.487. The van der Waals surface area contributed by atoms with Crippen molar-refractivity contribution < 1.29 is 19.2 Å². The number of anilines is 1. The molecular weight excluding hydrogens is 252 g/mol. The van der Waals surface area contributed by atoms with Crippen LogP contribution in [0.1, 0.15) is 18.9 Å². The number of nitro groups is 1. The summed E-state index contributed by atoms with van der Waals surface area (Å²) in [7, 11) is 1.28. The zero-order valence-corrected chi connectivity index (χ0v) is 10.6. The van der Waals surface area contributed by atoms with Crippen molar-refractivity contribution in [1.82, 2.24) is 0 Å². The fraction of sp³-hybridized carbons (Fsp3) is 0.333. The third-order valence-corrected chi connectivity index (χ3v) is 2.42. The molecule has 0 radical (unpaired) electrons. The minimum Gasteiger partial charge on any atom is -0.469 e. The van der Waals surface area contributed by atoms with Crippen LogP contribution in [0.25, 0.3) is 0 Å². The maximum atomic E-state index is 11.0. The van der Waals surface area contributed by atoms with Crippen molar-refractivity contribution in [3.8, 4) is 0 Å². The largest absolute Gasteiger partial charge is 0.469 e. The number of nitrogens with zero attached hydrogens (tertiary/aromatic N) is 1. The van der Waals surface area contributed by atoms with E-state index < -0.39 is 4.92 Å². The van der Waals surface area contributed by atoms with E-state index >= 15 is 0 Å². The normalized spacial score (nSPS) is 9.79. The molecule has 1 amide bonds. The highest BCUT2D eigenvalue weighted by Gasteiger charge is 2.15. The Morgan fingerprint density at radius 2 is 2.11 bits per heavy atom. The fourth-order valence-electron chi connectivity index (χ4n) is 1.53. The lowest BCUT2D eigenvalue weighted by Gasteiger charge is -2.06. The molecule has 7 heteroatoms. The summed E-state index contributed by atoms with van der Waals surface area (Å²) in [5, 5.41) is 13.3. The predicted molar refractivity (Wildman–Crippen MR) is 67.7 cm³/mol. The van der Waals surface area contributed by atoms with Gasteiger partial charge in [0.15, 0.2) is 0 Å². The number of benzene rings is 1. The van der Waals surface area contributed by atoms with E-state index in [9.17, 15) is 19.7 Å². The minimum atomic E-state index is -0.576. The standard InChI is InChI=1S/C12H14N2O5/c1-8(15)13-10-5-3-9(4-6-12(16)19-2)7-11(10)14(17)18/h3,5,7H,4,6H2,1-2H3,(H,13,15). The van der Waals surface area contributed by atoms with E-state index in [1.54, 1.807) is 6.07 Å². The van der Waals surface area contributed by atoms with Gasteiger partial charge in [-0.15, -0.1) is 0 Å². The van der Waals surface area contributed by atoms with Crippen molar-refractivity contribution in [1.29, 1.82) is 0 Å². The Labute approximate surface area is 109 Å². The van der Waals surface area contributed by atoms with Crippen LogP contribution in [-0.4, -0.2) is 23.9 Å². The highest BCUT2D eigenvalue weighted by molar-refractivity contribution is 5.91. The molecule has 0 aliphatic heterocycles. The van der Waals surface area contributed by atoms with Crippen LogP contribution in [0.2, 0.25) is 0 Å². The molecule has 7 nitrogen and oxygen atoms in total. The number of nitro benzene ring substituents is 1. The van der Waals surface area contributed by atoms with Crippen LogP contribution < -0.4 is 5.32 Å². The number of aryl methyl sites for hydroxylation is 1. The van der Waals surface area contributed by atoms with Crippen LogP contribution in [0, 0.1) is 10.1 Å². The molecular formula is C12H14N2O5. The summed E-state index contributed by atoms with van der Waals surface area (Å²) in [6.45, 7) is 1.27.